The Kier molecular flexibility index (Phi) is 3.79. The Morgan fingerprint density at radius 2 is 2.12 bits per heavy atom. The lowest BCUT2D eigenvalue weighted by molar-refractivity contribution is -0.665. The molecule has 0 amide bonds. The number of thiazole rings is 1. The fourth-order valence-corrected chi connectivity index (χ4v) is 3.15. The maximum atomic E-state index is 5.50. The fourth-order valence-electron chi connectivity index (χ4n) is 1.93. The van der Waals surface area contributed by atoms with E-state index in [-0.39, 0.29) is 0 Å². The van der Waals surface area contributed by atoms with Gasteiger partial charge in [0.1, 0.15) is 17.0 Å². The highest BCUT2D eigenvalue weighted by Gasteiger charge is 2.16. The Balaban J connectivity index is 2.50. The molecule has 0 aliphatic rings. The van der Waals surface area contributed by atoms with E-state index >= 15 is 0 Å². The van der Waals surface area contributed by atoms with E-state index in [9.17, 15) is 0 Å². The third-order valence-corrected chi connectivity index (χ3v) is 3.76. The molecular formula is C14H18NOS+. The third kappa shape index (κ3) is 2.50. The van der Waals surface area contributed by atoms with Gasteiger partial charge in [0.2, 0.25) is 5.52 Å². The van der Waals surface area contributed by atoms with Crippen LogP contribution in [0.25, 0.3) is 16.3 Å². The molecule has 17 heavy (non-hydrogen) atoms. The molecule has 2 rings (SSSR count). The Morgan fingerprint density at radius 1 is 1.35 bits per heavy atom. The average Bonchev–Trinajstić information content (AvgIpc) is 2.66. The molecule has 0 bridgehead atoms. The maximum absolute atomic E-state index is 5.50. The highest BCUT2D eigenvalue weighted by atomic mass is 32.1. The minimum atomic E-state index is 0.722. The summed E-state index contributed by atoms with van der Waals surface area (Å²) in [4.78, 5) is 0. The van der Waals surface area contributed by atoms with Gasteiger partial charge in [0.05, 0.1) is 12.7 Å². The van der Waals surface area contributed by atoms with Crippen molar-refractivity contribution in [3.8, 4) is 0 Å². The van der Waals surface area contributed by atoms with Crippen molar-refractivity contribution in [1.29, 1.82) is 0 Å². The minimum absolute atomic E-state index is 0.722. The van der Waals surface area contributed by atoms with E-state index in [2.05, 4.69) is 41.8 Å². The van der Waals surface area contributed by atoms with Gasteiger partial charge in [-0.05, 0) is 26.8 Å². The van der Waals surface area contributed by atoms with Crippen LogP contribution in [0.1, 0.15) is 25.8 Å². The molecule has 0 N–H and O–H groups in total. The van der Waals surface area contributed by atoms with Crippen LogP contribution in [0.5, 0.6) is 0 Å². The molecule has 0 aliphatic carbocycles. The summed E-state index contributed by atoms with van der Waals surface area (Å²) in [7, 11) is 0. The first-order chi connectivity index (χ1) is 8.26. The molecule has 90 valence electrons. The molecule has 0 atom stereocenters. The number of aromatic nitrogens is 1. The van der Waals surface area contributed by atoms with Crippen molar-refractivity contribution in [2.75, 3.05) is 6.61 Å². The number of hydrogen-bond acceptors (Lipinski definition) is 2. The summed E-state index contributed by atoms with van der Waals surface area (Å²) in [6, 6.07) is 8.51. The van der Waals surface area contributed by atoms with E-state index in [0.29, 0.717) is 0 Å². The minimum Gasteiger partial charge on any atom is -0.498 e. The van der Waals surface area contributed by atoms with Crippen LogP contribution in [-0.4, -0.2) is 6.61 Å². The Hall–Kier alpha value is -1.35. The van der Waals surface area contributed by atoms with Crippen LogP contribution in [0.2, 0.25) is 0 Å². The zero-order valence-corrected chi connectivity index (χ0v) is 11.4. The standard InChI is InChI=1S/C14H18NOS/c1-4-15-12-8-6-7-9-13(12)17-14(15)10-11(3)16-5-2/h6-10H,4-5H2,1-3H3/q+1/b11-10+. The van der Waals surface area contributed by atoms with Crippen LogP contribution in [0.3, 0.4) is 0 Å². The predicted octanol–water partition coefficient (Wildman–Crippen LogP) is 3.61. The summed E-state index contributed by atoms with van der Waals surface area (Å²) in [5.74, 6) is 0.973. The van der Waals surface area contributed by atoms with E-state index in [1.54, 1.807) is 0 Å². The number of hydrogen-bond donors (Lipinski definition) is 0. The molecule has 0 aliphatic heterocycles. The largest absolute Gasteiger partial charge is 0.498 e. The van der Waals surface area contributed by atoms with Gasteiger partial charge >= 0.3 is 0 Å². The number of aryl methyl sites for hydroxylation is 1. The molecule has 0 saturated heterocycles. The van der Waals surface area contributed by atoms with Gasteiger partial charge in [-0.15, -0.1) is 0 Å². The monoisotopic (exact) mass is 248 g/mol. The molecule has 1 aromatic heterocycles. The molecule has 0 fully saturated rings. The zero-order valence-electron chi connectivity index (χ0n) is 10.6. The summed E-state index contributed by atoms with van der Waals surface area (Å²) in [6.45, 7) is 7.89. The predicted molar refractivity (Wildman–Crippen MR) is 73.0 cm³/mol. The second-order valence-electron chi connectivity index (χ2n) is 3.84. The lowest BCUT2D eigenvalue weighted by atomic mass is 10.3. The van der Waals surface area contributed by atoms with Crippen LogP contribution < -0.4 is 4.57 Å². The summed E-state index contributed by atoms with van der Waals surface area (Å²) < 4.78 is 9.14. The molecule has 3 heteroatoms. The van der Waals surface area contributed by atoms with Crippen molar-refractivity contribution in [2.45, 2.75) is 27.3 Å². The average molecular weight is 248 g/mol. The van der Waals surface area contributed by atoms with Gasteiger partial charge in [-0.1, -0.05) is 23.5 Å². The smallest absolute Gasteiger partial charge is 0.266 e. The van der Waals surface area contributed by atoms with Crippen molar-refractivity contribution in [3.63, 3.8) is 0 Å². The van der Waals surface area contributed by atoms with E-state index in [1.165, 1.54) is 15.2 Å². The molecule has 0 unspecified atom stereocenters. The molecule has 0 radical (unpaired) electrons. The Morgan fingerprint density at radius 3 is 2.82 bits per heavy atom. The van der Waals surface area contributed by atoms with Crippen molar-refractivity contribution in [3.05, 3.63) is 35.0 Å². The van der Waals surface area contributed by atoms with Crippen LogP contribution in [-0.2, 0) is 11.3 Å². The van der Waals surface area contributed by atoms with Crippen LogP contribution in [0.15, 0.2) is 30.0 Å². The summed E-state index contributed by atoms with van der Waals surface area (Å²) >= 11 is 1.81. The van der Waals surface area contributed by atoms with Crippen LogP contribution >= 0.6 is 11.3 Å². The Labute approximate surface area is 106 Å². The van der Waals surface area contributed by atoms with Crippen molar-refractivity contribution in [2.24, 2.45) is 0 Å². The highest BCUT2D eigenvalue weighted by molar-refractivity contribution is 7.18. The molecule has 2 nitrogen and oxygen atoms in total. The quantitative estimate of drug-likeness (QED) is 0.595. The number of benzene rings is 1. The molecule has 1 heterocycles. The number of fused-ring (bicyclic) bond motifs is 1. The van der Waals surface area contributed by atoms with Gasteiger partial charge in [0, 0.05) is 6.07 Å². The SMILES string of the molecule is CCO/C(C)=C/c1sc2ccccc2[n+]1CC. The number of allylic oxidation sites excluding steroid dienone is 1. The fraction of sp³-hybridized carbons (Fsp3) is 0.357. The van der Waals surface area contributed by atoms with E-state index in [0.717, 1.165) is 18.9 Å². The molecule has 0 saturated carbocycles. The number of para-hydroxylation sites is 1. The molecule has 0 spiro atoms. The van der Waals surface area contributed by atoms with Crippen LogP contribution in [0.4, 0.5) is 0 Å². The lowest BCUT2D eigenvalue weighted by Gasteiger charge is -1.99. The number of rotatable bonds is 4. The van der Waals surface area contributed by atoms with E-state index < -0.39 is 0 Å². The zero-order chi connectivity index (χ0) is 12.3. The van der Waals surface area contributed by atoms with Gasteiger partial charge < -0.3 is 4.74 Å². The van der Waals surface area contributed by atoms with Crippen LogP contribution in [0, 0.1) is 0 Å². The molecule has 2 aromatic rings. The first kappa shape index (κ1) is 12.1. The molecule has 1 aromatic carbocycles. The summed E-state index contributed by atoms with van der Waals surface area (Å²) in [5, 5.41) is 1.25. The van der Waals surface area contributed by atoms with Crippen molar-refractivity contribution >= 4 is 27.6 Å². The van der Waals surface area contributed by atoms with Crippen molar-refractivity contribution in [1.82, 2.24) is 0 Å². The maximum Gasteiger partial charge on any atom is 0.266 e. The first-order valence-corrected chi connectivity index (χ1v) is 6.80. The van der Waals surface area contributed by atoms with E-state index in [1.807, 2.05) is 25.2 Å². The lowest BCUT2D eigenvalue weighted by Crippen LogP contribution is -2.33. The van der Waals surface area contributed by atoms with E-state index in [4.69, 9.17) is 4.74 Å². The second kappa shape index (κ2) is 5.32. The molecular weight excluding hydrogens is 230 g/mol. The topological polar surface area (TPSA) is 13.1 Å². The number of nitrogens with zero attached hydrogens (tertiary/aromatic N) is 1. The van der Waals surface area contributed by atoms with Gasteiger partial charge in [0.25, 0.3) is 5.01 Å². The van der Waals surface area contributed by atoms with Crippen molar-refractivity contribution < 1.29 is 9.30 Å². The summed E-state index contributed by atoms with van der Waals surface area (Å²) in [5.41, 5.74) is 1.30. The van der Waals surface area contributed by atoms with Gasteiger partial charge in [-0.25, -0.2) is 0 Å². The first-order valence-electron chi connectivity index (χ1n) is 5.98. The second-order valence-corrected chi connectivity index (χ2v) is 4.90. The van der Waals surface area contributed by atoms with Gasteiger partial charge in [0.15, 0.2) is 0 Å². The van der Waals surface area contributed by atoms with Gasteiger partial charge in [-0.3, -0.25) is 0 Å². The third-order valence-electron chi connectivity index (χ3n) is 2.65. The summed E-state index contributed by atoms with van der Waals surface area (Å²) in [6.07, 6.45) is 2.12. The number of ether oxygens (including phenoxy) is 1. The highest BCUT2D eigenvalue weighted by Crippen LogP contribution is 2.22. The van der Waals surface area contributed by atoms with Gasteiger partial charge in [-0.2, -0.15) is 4.57 Å². The Bertz CT molecular complexity index is 542. The normalized spacial score (nSPS) is 12.1.